The molecule has 104 valence electrons. The molecular formula is C16H16F2N2. The second-order valence-electron chi connectivity index (χ2n) is 5.09. The molecule has 0 spiro atoms. The Morgan fingerprint density at radius 3 is 2.75 bits per heavy atom. The van der Waals surface area contributed by atoms with Crippen molar-refractivity contribution >= 4 is 5.69 Å². The molecule has 0 saturated heterocycles. The highest BCUT2D eigenvalue weighted by Crippen LogP contribution is 2.33. The van der Waals surface area contributed by atoms with Gasteiger partial charge in [-0.05, 0) is 24.1 Å². The zero-order valence-electron chi connectivity index (χ0n) is 11.0. The summed E-state index contributed by atoms with van der Waals surface area (Å²) in [6.07, 6.45) is 0.813. The normalized spacial score (nSPS) is 17.9. The van der Waals surface area contributed by atoms with Gasteiger partial charge < -0.3 is 10.6 Å². The van der Waals surface area contributed by atoms with Gasteiger partial charge in [0.25, 0.3) is 0 Å². The fourth-order valence-corrected chi connectivity index (χ4v) is 2.70. The van der Waals surface area contributed by atoms with Crippen LogP contribution < -0.4 is 10.6 Å². The van der Waals surface area contributed by atoms with E-state index in [9.17, 15) is 8.78 Å². The molecule has 0 saturated carbocycles. The number of fused-ring (bicyclic) bond motifs is 1. The van der Waals surface area contributed by atoms with Gasteiger partial charge in [0.15, 0.2) is 11.6 Å². The lowest BCUT2D eigenvalue weighted by molar-refractivity contribution is 0.494. The quantitative estimate of drug-likeness (QED) is 0.909. The standard InChI is InChI=1S/C16H16F2N2/c17-13-6-3-4-11(16(13)18)10-20-9-8-14(19)12-5-1-2-7-15(12)20/h1-7,14H,8-10,19H2. The molecule has 2 aromatic carbocycles. The molecule has 1 heterocycles. The summed E-state index contributed by atoms with van der Waals surface area (Å²) in [5.74, 6) is -1.57. The Kier molecular flexibility index (Phi) is 3.40. The van der Waals surface area contributed by atoms with Crippen LogP contribution in [0, 0.1) is 11.6 Å². The van der Waals surface area contributed by atoms with Crippen LogP contribution >= 0.6 is 0 Å². The summed E-state index contributed by atoms with van der Waals surface area (Å²) in [4.78, 5) is 2.05. The van der Waals surface area contributed by atoms with Crippen molar-refractivity contribution in [3.63, 3.8) is 0 Å². The molecule has 4 heteroatoms. The minimum atomic E-state index is -0.801. The van der Waals surface area contributed by atoms with Crippen molar-refractivity contribution in [2.24, 2.45) is 5.73 Å². The molecule has 3 rings (SSSR count). The molecule has 1 aliphatic rings. The van der Waals surface area contributed by atoms with E-state index in [1.165, 1.54) is 6.07 Å². The highest BCUT2D eigenvalue weighted by Gasteiger charge is 2.23. The minimum absolute atomic E-state index is 0.0137. The third kappa shape index (κ3) is 2.27. The molecule has 2 N–H and O–H groups in total. The molecule has 0 bridgehead atoms. The van der Waals surface area contributed by atoms with Crippen molar-refractivity contribution < 1.29 is 8.78 Å². The maximum absolute atomic E-state index is 13.8. The molecule has 1 atom stereocenters. The van der Waals surface area contributed by atoms with Crippen LogP contribution in [0.2, 0.25) is 0 Å². The molecule has 0 aliphatic carbocycles. The van der Waals surface area contributed by atoms with Crippen molar-refractivity contribution in [3.8, 4) is 0 Å². The number of halogens is 2. The van der Waals surface area contributed by atoms with Crippen LogP contribution in [-0.2, 0) is 6.54 Å². The lowest BCUT2D eigenvalue weighted by Crippen LogP contribution is -2.33. The highest BCUT2D eigenvalue weighted by atomic mass is 19.2. The van der Waals surface area contributed by atoms with E-state index in [2.05, 4.69) is 4.90 Å². The van der Waals surface area contributed by atoms with Crippen molar-refractivity contribution in [3.05, 3.63) is 65.2 Å². The maximum Gasteiger partial charge on any atom is 0.163 e. The second-order valence-corrected chi connectivity index (χ2v) is 5.09. The van der Waals surface area contributed by atoms with Crippen LogP contribution in [0.25, 0.3) is 0 Å². The highest BCUT2D eigenvalue weighted by molar-refractivity contribution is 5.57. The van der Waals surface area contributed by atoms with Gasteiger partial charge in [-0.25, -0.2) is 8.78 Å². The molecule has 1 aliphatic heterocycles. The van der Waals surface area contributed by atoms with Gasteiger partial charge in [-0.1, -0.05) is 30.3 Å². The van der Waals surface area contributed by atoms with Gasteiger partial charge in [0.05, 0.1) is 0 Å². The Balaban J connectivity index is 1.93. The predicted molar refractivity (Wildman–Crippen MR) is 75.4 cm³/mol. The molecule has 20 heavy (non-hydrogen) atoms. The van der Waals surface area contributed by atoms with Gasteiger partial charge in [0.2, 0.25) is 0 Å². The topological polar surface area (TPSA) is 29.3 Å². The van der Waals surface area contributed by atoms with E-state index in [-0.39, 0.29) is 6.04 Å². The van der Waals surface area contributed by atoms with E-state index < -0.39 is 11.6 Å². The van der Waals surface area contributed by atoms with Crippen LogP contribution in [0.4, 0.5) is 14.5 Å². The van der Waals surface area contributed by atoms with Crippen LogP contribution in [-0.4, -0.2) is 6.54 Å². The average Bonchev–Trinajstić information content (AvgIpc) is 2.47. The summed E-state index contributed by atoms with van der Waals surface area (Å²) in [6, 6.07) is 12.2. The average molecular weight is 274 g/mol. The van der Waals surface area contributed by atoms with E-state index in [1.54, 1.807) is 6.07 Å². The van der Waals surface area contributed by atoms with Gasteiger partial charge in [-0.3, -0.25) is 0 Å². The first-order valence-corrected chi connectivity index (χ1v) is 6.69. The molecule has 0 aromatic heterocycles. The summed E-state index contributed by atoms with van der Waals surface area (Å²) in [7, 11) is 0. The molecule has 0 radical (unpaired) electrons. The first-order chi connectivity index (χ1) is 9.66. The molecule has 0 fully saturated rings. The molecule has 0 amide bonds. The van der Waals surface area contributed by atoms with Gasteiger partial charge >= 0.3 is 0 Å². The van der Waals surface area contributed by atoms with Crippen LogP contribution in [0.15, 0.2) is 42.5 Å². The number of nitrogens with zero attached hydrogens (tertiary/aromatic N) is 1. The third-order valence-corrected chi connectivity index (χ3v) is 3.78. The van der Waals surface area contributed by atoms with Crippen molar-refractivity contribution in [2.75, 3.05) is 11.4 Å². The van der Waals surface area contributed by atoms with E-state index >= 15 is 0 Å². The van der Waals surface area contributed by atoms with E-state index in [4.69, 9.17) is 5.73 Å². The van der Waals surface area contributed by atoms with Gasteiger partial charge in [-0.15, -0.1) is 0 Å². The molecule has 1 unspecified atom stereocenters. The SMILES string of the molecule is NC1CCN(Cc2cccc(F)c2F)c2ccccc21. The summed E-state index contributed by atoms with van der Waals surface area (Å²) in [6.45, 7) is 1.10. The van der Waals surface area contributed by atoms with Gasteiger partial charge in [0, 0.05) is 30.4 Å². The number of hydrogen-bond donors (Lipinski definition) is 1. The molecule has 2 nitrogen and oxygen atoms in total. The number of nitrogens with two attached hydrogens (primary N) is 1. The van der Waals surface area contributed by atoms with E-state index in [0.29, 0.717) is 12.1 Å². The Morgan fingerprint density at radius 1 is 1.10 bits per heavy atom. The number of hydrogen-bond acceptors (Lipinski definition) is 2. The van der Waals surface area contributed by atoms with Crippen molar-refractivity contribution in [1.82, 2.24) is 0 Å². The predicted octanol–water partition coefficient (Wildman–Crippen LogP) is 3.37. The van der Waals surface area contributed by atoms with Gasteiger partial charge in [-0.2, -0.15) is 0 Å². The fourth-order valence-electron chi connectivity index (χ4n) is 2.70. The summed E-state index contributed by atoms with van der Waals surface area (Å²) < 4.78 is 27.1. The summed E-state index contributed by atoms with van der Waals surface area (Å²) in [5.41, 5.74) is 8.54. The number of anilines is 1. The Morgan fingerprint density at radius 2 is 1.90 bits per heavy atom. The van der Waals surface area contributed by atoms with E-state index in [0.717, 1.165) is 30.3 Å². The Labute approximate surface area is 116 Å². The first kappa shape index (κ1) is 13.1. The number of para-hydroxylation sites is 1. The summed E-state index contributed by atoms with van der Waals surface area (Å²) in [5, 5.41) is 0. The fraction of sp³-hybridized carbons (Fsp3) is 0.250. The lowest BCUT2D eigenvalue weighted by Gasteiger charge is -2.34. The van der Waals surface area contributed by atoms with Gasteiger partial charge in [0.1, 0.15) is 0 Å². The van der Waals surface area contributed by atoms with Crippen LogP contribution in [0.5, 0.6) is 0 Å². The maximum atomic E-state index is 13.8. The zero-order valence-corrected chi connectivity index (χ0v) is 11.0. The van der Waals surface area contributed by atoms with E-state index in [1.807, 2.05) is 24.3 Å². The van der Waals surface area contributed by atoms with Crippen molar-refractivity contribution in [1.29, 1.82) is 0 Å². The minimum Gasteiger partial charge on any atom is -0.367 e. The Hall–Kier alpha value is -1.94. The largest absolute Gasteiger partial charge is 0.367 e. The first-order valence-electron chi connectivity index (χ1n) is 6.69. The van der Waals surface area contributed by atoms with Crippen LogP contribution in [0.3, 0.4) is 0 Å². The second kappa shape index (κ2) is 5.21. The summed E-state index contributed by atoms with van der Waals surface area (Å²) >= 11 is 0. The Bertz CT molecular complexity index is 628. The van der Waals surface area contributed by atoms with Crippen molar-refractivity contribution in [2.45, 2.75) is 19.0 Å². The smallest absolute Gasteiger partial charge is 0.163 e. The number of benzene rings is 2. The molecular weight excluding hydrogens is 258 g/mol. The lowest BCUT2D eigenvalue weighted by atomic mass is 9.96. The third-order valence-electron chi connectivity index (χ3n) is 3.78. The number of rotatable bonds is 2. The monoisotopic (exact) mass is 274 g/mol. The molecule has 2 aromatic rings. The van der Waals surface area contributed by atoms with Crippen LogP contribution in [0.1, 0.15) is 23.6 Å². The zero-order chi connectivity index (χ0) is 14.1.